The van der Waals surface area contributed by atoms with E-state index in [1.807, 2.05) is 13.8 Å². The van der Waals surface area contributed by atoms with Gasteiger partial charge < -0.3 is 10.6 Å². The molecule has 1 aromatic carbocycles. The molecule has 2 rings (SSSR count). The minimum absolute atomic E-state index is 0.0498. The molecule has 0 aliphatic rings. The Hall–Kier alpha value is -2.41. The zero-order chi connectivity index (χ0) is 18.6. The Labute approximate surface area is 150 Å². The number of nitrogens with one attached hydrogen (secondary N) is 2. The summed E-state index contributed by atoms with van der Waals surface area (Å²) in [6.45, 7) is 5.58. The quantitative estimate of drug-likeness (QED) is 0.825. The summed E-state index contributed by atoms with van der Waals surface area (Å²) in [6.07, 6.45) is 0.173. The summed E-state index contributed by atoms with van der Waals surface area (Å²) in [5.74, 6) is -0.922. The van der Waals surface area contributed by atoms with E-state index >= 15 is 0 Å². The van der Waals surface area contributed by atoms with Crippen LogP contribution in [0.5, 0.6) is 0 Å². The first-order chi connectivity index (χ1) is 11.8. The lowest BCUT2D eigenvalue weighted by Crippen LogP contribution is -2.34. The van der Waals surface area contributed by atoms with E-state index in [1.54, 1.807) is 6.92 Å². The Balaban J connectivity index is 2.08. The molecule has 0 atom stereocenters. The molecule has 0 aliphatic carbocycles. The van der Waals surface area contributed by atoms with E-state index in [0.717, 1.165) is 0 Å². The van der Waals surface area contributed by atoms with E-state index in [0.29, 0.717) is 11.4 Å². The maximum Gasteiger partial charge on any atom is 0.256 e. The number of carbonyl (C=O) groups excluding carboxylic acids is 2. The third-order valence-corrected chi connectivity index (χ3v) is 3.74. The first kappa shape index (κ1) is 18.9. The van der Waals surface area contributed by atoms with Gasteiger partial charge in [-0.2, -0.15) is 5.10 Å². The van der Waals surface area contributed by atoms with Crippen LogP contribution in [0.25, 0.3) is 5.69 Å². The molecular formula is C17H20ClFN4O2. The lowest BCUT2D eigenvalue weighted by Gasteiger charge is -2.09. The number of benzene rings is 1. The van der Waals surface area contributed by atoms with Crippen LogP contribution in [-0.4, -0.2) is 34.2 Å². The summed E-state index contributed by atoms with van der Waals surface area (Å²) in [6, 6.07) is 5.66. The van der Waals surface area contributed by atoms with Crippen LogP contribution in [0.2, 0.25) is 5.15 Å². The molecule has 134 valence electrons. The Morgan fingerprint density at radius 1 is 1.28 bits per heavy atom. The van der Waals surface area contributed by atoms with Gasteiger partial charge in [-0.05, 0) is 45.0 Å². The summed E-state index contributed by atoms with van der Waals surface area (Å²) < 4.78 is 14.4. The molecule has 0 spiro atoms. The normalized spacial score (nSPS) is 10.8. The molecule has 8 heteroatoms. The summed E-state index contributed by atoms with van der Waals surface area (Å²) in [4.78, 5) is 23.9. The third-order valence-electron chi connectivity index (χ3n) is 3.39. The van der Waals surface area contributed by atoms with Crippen molar-refractivity contribution < 1.29 is 14.0 Å². The third kappa shape index (κ3) is 4.79. The summed E-state index contributed by atoms with van der Waals surface area (Å²) in [5.41, 5.74) is 1.22. The largest absolute Gasteiger partial charge is 0.354 e. The second kappa shape index (κ2) is 8.11. The minimum atomic E-state index is -0.409. The highest BCUT2D eigenvalue weighted by atomic mass is 35.5. The van der Waals surface area contributed by atoms with Crippen LogP contribution >= 0.6 is 11.6 Å². The number of carbonyl (C=O) groups is 2. The van der Waals surface area contributed by atoms with E-state index in [9.17, 15) is 14.0 Å². The zero-order valence-electron chi connectivity index (χ0n) is 14.3. The van der Waals surface area contributed by atoms with Crippen molar-refractivity contribution in [3.8, 4) is 5.69 Å². The number of halogens is 2. The minimum Gasteiger partial charge on any atom is -0.354 e. The SMILES string of the molecule is Cc1nn(-c2ccc(F)cc2)c(Cl)c1C(=O)NCCC(=O)NC(C)C. The summed E-state index contributed by atoms with van der Waals surface area (Å²) in [7, 11) is 0. The first-order valence-corrected chi connectivity index (χ1v) is 8.26. The molecule has 0 saturated heterocycles. The van der Waals surface area contributed by atoms with Crippen molar-refractivity contribution in [2.45, 2.75) is 33.2 Å². The van der Waals surface area contributed by atoms with Crippen molar-refractivity contribution in [2.75, 3.05) is 6.54 Å². The molecule has 0 unspecified atom stereocenters. The average molecular weight is 367 g/mol. The highest BCUT2D eigenvalue weighted by molar-refractivity contribution is 6.33. The number of hydrogen-bond acceptors (Lipinski definition) is 3. The van der Waals surface area contributed by atoms with Gasteiger partial charge in [-0.1, -0.05) is 11.6 Å². The van der Waals surface area contributed by atoms with Crippen molar-refractivity contribution in [3.63, 3.8) is 0 Å². The molecule has 0 radical (unpaired) electrons. The Kier molecular flexibility index (Phi) is 6.14. The van der Waals surface area contributed by atoms with E-state index in [2.05, 4.69) is 15.7 Å². The summed E-state index contributed by atoms with van der Waals surface area (Å²) in [5, 5.41) is 9.78. The van der Waals surface area contributed by atoms with Crippen molar-refractivity contribution in [1.82, 2.24) is 20.4 Å². The molecule has 6 nitrogen and oxygen atoms in total. The maximum absolute atomic E-state index is 13.0. The molecule has 2 aromatic rings. The topological polar surface area (TPSA) is 76.0 Å². The van der Waals surface area contributed by atoms with Crippen molar-refractivity contribution in [1.29, 1.82) is 0 Å². The standard InChI is InChI=1S/C17H20ClFN4O2/c1-10(2)21-14(24)8-9-20-17(25)15-11(3)22-23(16(15)18)13-6-4-12(19)5-7-13/h4-7,10H,8-9H2,1-3H3,(H,20,25)(H,21,24). The van der Waals surface area contributed by atoms with Crippen LogP contribution in [0, 0.1) is 12.7 Å². The Bertz CT molecular complexity index is 772. The van der Waals surface area contributed by atoms with Crippen LogP contribution in [0.1, 0.15) is 36.3 Å². The van der Waals surface area contributed by atoms with Crippen LogP contribution in [0.15, 0.2) is 24.3 Å². The van der Waals surface area contributed by atoms with Gasteiger partial charge in [0.25, 0.3) is 5.91 Å². The van der Waals surface area contributed by atoms with Crippen molar-refractivity contribution >= 4 is 23.4 Å². The molecule has 1 aromatic heterocycles. The molecule has 25 heavy (non-hydrogen) atoms. The highest BCUT2D eigenvalue weighted by Crippen LogP contribution is 2.23. The molecule has 1 heterocycles. The lowest BCUT2D eigenvalue weighted by atomic mass is 10.2. The second-order valence-electron chi connectivity index (χ2n) is 5.87. The smallest absolute Gasteiger partial charge is 0.256 e. The molecule has 2 amide bonds. The van der Waals surface area contributed by atoms with E-state index in [-0.39, 0.29) is 41.4 Å². The molecular weight excluding hydrogens is 347 g/mol. The van der Waals surface area contributed by atoms with Crippen LogP contribution < -0.4 is 10.6 Å². The molecule has 0 saturated carbocycles. The zero-order valence-corrected chi connectivity index (χ0v) is 15.0. The number of hydrogen-bond donors (Lipinski definition) is 2. The van der Waals surface area contributed by atoms with Gasteiger partial charge in [0, 0.05) is 19.0 Å². The fraction of sp³-hybridized carbons (Fsp3) is 0.353. The maximum atomic E-state index is 13.0. The van der Waals surface area contributed by atoms with Gasteiger partial charge in [0.2, 0.25) is 5.91 Å². The molecule has 0 fully saturated rings. The lowest BCUT2D eigenvalue weighted by molar-refractivity contribution is -0.121. The number of aromatic nitrogens is 2. The van der Waals surface area contributed by atoms with Crippen molar-refractivity contribution in [3.05, 3.63) is 46.5 Å². The van der Waals surface area contributed by atoms with Gasteiger partial charge in [0.1, 0.15) is 11.0 Å². The fourth-order valence-corrected chi connectivity index (χ4v) is 2.64. The molecule has 0 bridgehead atoms. The van der Waals surface area contributed by atoms with Gasteiger partial charge in [-0.25, -0.2) is 9.07 Å². The van der Waals surface area contributed by atoms with Gasteiger partial charge in [-0.15, -0.1) is 0 Å². The fourth-order valence-electron chi connectivity index (χ4n) is 2.28. The second-order valence-corrected chi connectivity index (χ2v) is 6.23. The number of nitrogens with zero attached hydrogens (tertiary/aromatic N) is 2. The number of rotatable bonds is 6. The van der Waals surface area contributed by atoms with E-state index in [4.69, 9.17) is 11.6 Å². The number of amides is 2. The highest BCUT2D eigenvalue weighted by Gasteiger charge is 2.21. The van der Waals surface area contributed by atoms with E-state index in [1.165, 1.54) is 28.9 Å². The van der Waals surface area contributed by atoms with E-state index < -0.39 is 5.91 Å². The van der Waals surface area contributed by atoms with Crippen LogP contribution in [0.4, 0.5) is 4.39 Å². The Morgan fingerprint density at radius 3 is 2.52 bits per heavy atom. The average Bonchev–Trinajstić information content (AvgIpc) is 2.82. The van der Waals surface area contributed by atoms with Crippen molar-refractivity contribution in [2.24, 2.45) is 0 Å². The molecule has 2 N–H and O–H groups in total. The van der Waals surface area contributed by atoms with Crippen LogP contribution in [0.3, 0.4) is 0 Å². The molecule has 0 aliphatic heterocycles. The van der Waals surface area contributed by atoms with Gasteiger partial charge in [0.05, 0.1) is 16.9 Å². The van der Waals surface area contributed by atoms with Gasteiger partial charge >= 0.3 is 0 Å². The van der Waals surface area contributed by atoms with Gasteiger partial charge in [-0.3, -0.25) is 9.59 Å². The predicted octanol–water partition coefficient (Wildman–Crippen LogP) is 2.62. The van der Waals surface area contributed by atoms with Crippen LogP contribution in [-0.2, 0) is 4.79 Å². The number of aryl methyl sites for hydroxylation is 1. The Morgan fingerprint density at radius 2 is 1.92 bits per heavy atom. The monoisotopic (exact) mass is 366 g/mol. The van der Waals surface area contributed by atoms with Gasteiger partial charge in [0.15, 0.2) is 0 Å². The predicted molar refractivity (Wildman–Crippen MR) is 93.5 cm³/mol. The first-order valence-electron chi connectivity index (χ1n) is 7.88. The summed E-state index contributed by atoms with van der Waals surface area (Å²) >= 11 is 6.28.